The minimum Gasteiger partial charge on any atom is -0.310 e. The Kier molecular flexibility index (Phi) is 4.07. The van der Waals surface area contributed by atoms with Crippen LogP contribution in [-0.4, -0.2) is 26.0 Å². The second-order valence-corrected chi connectivity index (χ2v) is 7.11. The molecule has 2 rings (SSSR count). The van der Waals surface area contributed by atoms with Crippen LogP contribution in [0.2, 0.25) is 5.02 Å². The molecule has 0 aromatic heterocycles. The summed E-state index contributed by atoms with van der Waals surface area (Å²) in [6.45, 7) is 0.699. The van der Waals surface area contributed by atoms with Gasteiger partial charge in [0.05, 0.1) is 11.5 Å². The first-order valence-electron chi connectivity index (χ1n) is 5.74. The van der Waals surface area contributed by atoms with Crippen molar-refractivity contribution in [2.45, 2.75) is 25.4 Å². The maximum absolute atomic E-state index is 11.3. The molecule has 0 amide bonds. The van der Waals surface area contributed by atoms with E-state index in [9.17, 15) is 8.42 Å². The summed E-state index contributed by atoms with van der Waals surface area (Å²) in [5, 5.41) is 4.12. The maximum atomic E-state index is 11.3. The summed E-state index contributed by atoms with van der Waals surface area (Å²) in [5.74, 6) is 0.598. The molecule has 17 heavy (non-hydrogen) atoms. The third kappa shape index (κ3) is 3.69. The number of sulfone groups is 1. The fourth-order valence-electron chi connectivity index (χ4n) is 1.99. The minimum absolute atomic E-state index is 0.287. The van der Waals surface area contributed by atoms with Gasteiger partial charge in [0.15, 0.2) is 0 Å². The highest BCUT2D eigenvalue weighted by Gasteiger charge is 2.22. The normalized spacial score (nSPS) is 20.3. The highest BCUT2D eigenvalue weighted by atomic mass is 35.5. The van der Waals surface area contributed by atoms with Crippen LogP contribution < -0.4 is 5.32 Å². The van der Waals surface area contributed by atoms with Gasteiger partial charge in [-0.05, 0) is 24.5 Å². The quantitative estimate of drug-likeness (QED) is 0.916. The molecule has 3 nitrogen and oxygen atoms in total. The SMILES string of the molecule is O=S1(=O)CCC(NCc2ccccc2Cl)CC1. The Morgan fingerprint density at radius 2 is 1.88 bits per heavy atom. The molecule has 1 aromatic rings. The fraction of sp³-hybridized carbons (Fsp3) is 0.500. The van der Waals surface area contributed by atoms with Crippen molar-refractivity contribution in [3.8, 4) is 0 Å². The number of nitrogens with one attached hydrogen (secondary N) is 1. The second-order valence-electron chi connectivity index (χ2n) is 4.40. The van der Waals surface area contributed by atoms with Crippen molar-refractivity contribution in [2.75, 3.05) is 11.5 Å². The van der Waals surface area contributed by atoms with Crippen LogP contribution in [0.25, 0.3) is 0 Å². The molecule has 5 heteroatoms. The van der Waals surface area contributed by atoms with E-state index < -0.39 is 9.84 Å². The van der Waals surface area contributed by atoms with Crippen molar-refractivity contribution in [1.82, 2.24) is 5.32 Å². The lowest BCUT2D eigenvalue weighted by Gasteiger charge is -2.23. The molecular formula is C12H16ClNO2S. The summed E-state index contributed by atoms with van der Waals surface area (Å²) in [4.78, 5) is 0. The van der Waals surface area contributed by atoms with E-state index >= 15 is 0 Å². The molecule has 1 fully saturated rings. The largest absolute Gasteiger partial charge is 0.310 e. The van der Waals surface area contributed by atoms with E-state index in [0.717, 1.165) is 10.6 Å². The summed E-state index contributed by atoms with van der Waals surface area (Å²) < 4.78 is 22.6. The molecule has 0 unspecified atom stereocenters. The zero-order chi connectivity index (χ0) is 12.3. The lowest BCUT2D eigenvalue weighted by atomic mass is 10.1. The Bertz CT molecular complexity index is 473. The Hall–Kier alpha value is -0.580. The summed E-state index contributed by atoms with van der Waals surface area (Å²) in [7, 11) is -2.77. The first-order valence-corrected chi connectivity index (χ1v) is 7.94. The molecule has 0 saturated carbocycles. The Balaban J connectivity index is 1.86. The Labute approximate surface area is 107 Å². The second kappa shape index (κ2) is 5.38. The first-order chi connectivity index (χ1) is 8.07. The van der Waals surface area contributed by atoms with Crippen LogP contribution in [0.3, 0.4) is 0 Å². The average Bonchev–Trinajstić information content (AvgIpc) is 2.30. The standard InChI is InChI=1S/C12H16ClNO2S/c13-12-4-2-1-3-10(12)9-14-11-5-7-17(15,16)8-6-11/h1-4,11,14H,5-9H2. The van der Waals surface area contributed by atoms with Gasteiger partial charge in [0.1, 0.15) is 9.84 Å². The molecule has 1 N–H and O–H groups in total. The number of halogens is 1. The Morgan fingerprint density at radius 3 is 2.53 bits per heavy atom. The van der Waals surface area contributed by atoms with Gasteiger partial charge in [-0.2, -0.15) is 0 Å². The van der Waals surface area contributed by atoms with Crippen molar-refractivity contribution in [3.05, 3.63) is 34.9 Å². The van der Waals surface area contributed by atoms with Crippen LogP contribution in [0, 0.1) is 0 Å². The molecule has 1 saturated heterocycles. The van der Waals surface area contributed by atoms with Gasteiger partial charge in [-0.15, -0.1) is 0 Å². The van der Waals surface area contributed by atoms with Crippen LogP contribution in [0.1, 0.15) is 18.4 Å². The third-order valence-electron chi connectivity index (χ3n) is 3.09. The van der Waals surface area contributed by atoms with Crippen LogP contribution in [0.4, 0.5) is 0 Å². The predicted octanol–water partition coefficient (Wildman–Crippen LogP) is 2.01. The van der Waals surface area contributed by atoms with Crippen molar-refractivity contribution < 1.29 is 8.42 Å². The van der Waals surface area contributed by atoms with E-state index in [-0.39, 0.29) is 6.04 Å². The molecule has 0 spiro atoms. The van der Waals surface area contributed by atoms with E-state index in [1.54, 1.807) is 0 Å². The minimum atomic E-state index is -2.77. The molecular weight excluding hydrogens is 258 g/mol. The molecule has 94 valence electrons. The number of benzene rings is 1. The van der Waals surface area contributed by atoms with Gasteiger partial charge in [0.25, 0.3) is 0 Å². The van der Waals surface area contributed by atoms with Gasteiger partial charge in [0.2, 0.25) is 0 Å². The van der Waals surface area contributed by atoms with Gasteiger partial charge < -0.3 is 5.32 Å². The monoisotopic (exact) mass is 273 g/mol. The van der Waals surface area contributed by atoms with Gasteiger partial charge >= 0.3 is 0 Å². The molecule has 1 aliphatic rings. The zero-order valence-corrected chi connectivity index (χ0v) is 11.1. The van der Waals surface area contributed by atoms with Gasteiger partial charge in [0, 0.05) is 17.6 Å². The van der Waals surface area contributed by atoms with Crippen molar-refractivity contribution in [3.63, 3.8) is 0 Å². The van der Waals surface area contributed by atoms with Crippen LogP contribution >= 0.6 is 11.6 Å². The highest BCUT2D eigenvalue weighted by molar-refractivity contribution is 7.91. The number of hydrogen-bond donors (Lipinski definition) is 1. The molecule has 0 radical (unpaired) electrons. The molecule has 0 aliphatic carbocycles. The van der Waals surface area contributed by atoms with Gasteiger partial charge in [-0.25, -0.2) is 8.42 Å². The van der Waals surface area contributed by atoms with Crippen molar-refractivity contribution in [2.24, 2.45) is 0 Å². The third-order valence-corrected chi connectivity index (χ3v) is 5.18. The topological polar surface area (TPSA) is 46.2 Å². The summed E-state index contributed by atoms with van der Waals surface area (Å²) in [6, 6.07) is 7.99. The number of hydrogen-bond acceptors (Lipinski definition) is 3. The molecule has 1 heterocycles. The summed E-state index contributed by atoms with van der Waals surface area (Å²) in [5.41, 5.74) is 1.06. The van der Waals surface area contributed by atoms with Gasteiger partial charge in [-0.1, -0.05) is 29.8 Å². The van der Waals surface area contributed by atoms with Crippen LogP contribution in [0.5, 0.6) is 0 Å². The van der Waals surface area contributed by atoms with E-state index in [4.69, 9.17) is 11.6 Å². The van der Waals surface area contributed by atoms with Crippen LogP contribution in [0.15, 0.2) is 24.3 Å². The van der Waals surface area contributed by atoms with E-state index in [1.807, 2.05) is 24.3 Å². The lowest BCUT2D eigenvalue weighted by Crippen LogP contribution is -2.37. The Morgan fingerprint density at radius 1 is 1.24 bits per heavy atom. The first kappa shape index (κ1) is 12.9. The smallest absolute Gasteiger partial charge is 0.150 e. The van der Waals surface area contributed by atoms with Gasteiger partial charge in [-0.3, -0.25) is 0 Å². The molecule has 1 aromatic carbocycles. The summed E-state index contributed by atoms with van der Waals surface area (Å²) >= 11 is 6.05. The van der Waals surface area contributed by atoms with E-state index in [0.29, 0.717) is 30.9 Å². The maximum Gasteiger partial charge on any atom is 0.150 e. The van der Waals surface area contributed by atoms with E-state index in [2.05, 4.69) is 5.32 Å². The lowest BCUT2D eigenvalue weighted by molar-refractivity contribution is 0.463. The fourth-order valence-corrected chi connectivity index (χ4v) is 3.68. The summed E-state index contributed by atoms with van der Waals surface area (Å²) in [6.07, 6.45) is 1.40. The van der Waals surface area contributed by atoms with Crippen molar-refractivity contribution >= 4 is 21.4 Å². The van der Waals surface area contributed by atoms with Crippen molar-refractivity contribution in [1.29, 1.82) is 0 Å². The molecule has 0 atom stereocenters. The van der Waals surface area contributed by atoms with Crippen LogP contribution in [-0.2, 0) is 16.4 Å². The average molecular weight is 274 g/mol. The number of rotatable bonds is 3. The zero-order valence-electron chi connectivity index (χ0n) is 9.52. The predicted molar refractivity (Wildman–Crippen MR) is 70.0 cm³/mol. The molecule has 1 aliphatic heterocycles. The van der Waals surface area contributed by atoms with E-state index in [1.165, 1.54) is 0 Å². The highest BCUT2D eigenvalue weighted by Crippen LogP contribution is 2.17. The molecule has 0 bridgehead atoms.